The van der Waals surface area contributed by atoms with Crippen molar-refractivity contribution in [1.29, 1.82) is 0 Å². The van der Waals surface area contributed by atoms with E-state index in [1.54, 1.807) is 0 Å². The summed E-state index contributed by atoms with van der Waals surface area (Å²) in [6.07, 6.45) is 3.14. The highest BCUT2D eigenvalue weighted by molar-refractivity contribution is 7.14. The van der Waals surface area contributed by atoms with E-state index in [-0.39, 0.29) is 12.3 Å². The van der Waals surface area contributed by atoms with Gasteiger partial charge in [-0.3, -0.25) is 4.79 Å². The lowest BCUT2D eigenvalue weighted by molar-refractivity contribution is -0.0559. The molecule has 0 atom stereocenters. The fourth-order valence-corrected chi connectivity index (χ4v) is 3.77. The largest absolute Gasteiger partial charge is 0.332 e. The van der Waals surface area contributed by atoms with E-state index in [9.17, 15) is 13.6 Å². The maximum absolute atomic E-state index is 13.4. The zero-order chi connectivity index (χ0) is 14.8. The number of nitrogens with zero attached hydrogens (tertiary/aromatic N) is 1. The molecule has 0 N–H and O–H groups in total. The number of hydrogen-bond acceptors (Lipinski definition) is 2. The minimum atomic E-state index is -2.73. The van der Waals surface area contributed by atoms with Crippen molar-refractivity contribution >= 4 is 17.2 Å². The molecule has 112 valence electrons. The Morgan fingerprint density at radius 1 is 1.45 bits per heavy atom. The van der Waals surface area contributed by atoms with Gasteiger partial charge in [0, 0.05) is 17.8 Å². The van der Waals surface area contributed by atoms with Crippen LogP contribution in [0.5, 0.6) is 0 Å². The molecule has 5 heteroatoms. The molecular formula is C15H21F2NOS. The van der Waals surface area contributed by atoms with E-state index in [4.69, 9.17) is 0 Å². The third-order valence-corrected chi connectivity index (χ3v) is 4.94. The zero-order valence-corrected chi connectivity index (χ0v) is 12.9. The monoisotopic (exact) mass is 301 g/mol. The average Bonchev–Trinajstić information content (AvgIpc) is 2.80. The fraction of sp³-hybridized carbons (Fsp3) is 0.667. The molecule has 1 fully saturated rings. The summed E-state index contributed by atoms with van der Waals surface area (Å²) in [5.74, 6) is -2.96. The standard InChI is InChI=1S/C15H21F2NOS/c1-3-6-11-9-13(20-12(11)4-2)14(19)18-8-5-7-15(16,17)10-18/h9H,3-8,10H2,1-2H3. The number of amides is 1. The smallest absolute Gasteiger partial charge is 0.265 e. The van der Waals surface area contributed by atoms with Gasteiger partial charge in [0.25, 0.3) is 11.8 Å². The van der Waals surface area contributed by atoms with E-state index >= 15 is 0 Å². The molecule has 2 rings (SSSR count). The van der Waals surface area contributed by atoms with Crippen molar-refractivity contribution < 1.29 is 13.6 Å². The topological polar surface area (TPSA) is 20.3 Å². The van der Waals surface area contributed by atoms with Crippen LogP contribution in [0, 0.1) is 0 Å². The van der Waals surface area contributed by atoms with Crippen molar-refractivity contribution in [1.82, 2.24) is 4.90 Å². The van der Waals surface area contributed by atoms with Gasteiger partial charge in [-0.2, -0.15) is 0 Å². The van der Waals surface area contributed by atoms with Crippen molar-refractivity contribution in [3.63, 3.8) is 0 Å². The van der Waals surface area contributed by atoms with Crippen LogP contribution < -0.4 is 0 Å². The molecule has 1 saturated heterocycles. The average molecular weight is 301 g/mol. The number of hydrogen-bond donors (Lipinski definition) is 0. The summed E-state index contributed by atoms with van der Waals surface area (Å²) in [6, 6.07) is 1.90. The van der Waals surface area contributed by atoms with Gasteiger partial charge in [-0.15, -0.1) is 11.3 Å². The van der Waals surface area contributed by atoms with E-state index in [1.807, 2.05) is 6.07 Å². The van der Waals surface area contributed by atoms with Gasteiger partial charge in [0.1, 0.15) is 0 Å². The van der Waals surface area contributed by atoms with Gasteiger partial charge in [0.05, 0.1) is 11.4 Å². The molecule has 0 saturated carbocycles. The molecule has 0 spiro atoms. The quantitative estimate of drug-likeness (QED) is 0.818. The summed E-state index contributed by atoms with van der Waals surface area (Å²) in [4.78, 5) is 15.5. The number of thiophene rings is 1. The summed E-state index contributed by atoms with van der Waals surface area (Å²) in [5.41, 5.74) is 1.20. The molecule has 1 amide bonds. The van der Waals surface area contributed by atoms with Crippen LogP contribution in [-0.2, 0) is 12.8 Å². The Kier molecular flexibility index (Phi) is 4.78. The maximum atomic E-state index is 13.4. The van der Waals surface area contributed by atoms with Crippen LogP contribution in [0.1, 0.15) is 53.2 Å². The Morgan fingerprint density at radius 2 is 2.20 bits per heavy atom. The van der Waals surface area contributed by atoms with Gasteiger partial charge < -0.3 is 4.90 Å². The molecule has 0 radical (unpaired) electrons. The van der Waals surface area contributed by atoms with Crippen molar-refractivity contribution in [3.05, 3.63) is 21.4 Å². The van der Waals surface area contributed by atoms with Gasteiger partial charge in [-0.05, 0) is 30.9 Å². The van der Waals surface area contributed by atoms with Gasteiger partial charge in [0.2, 0.25) is 0 Å². The fourth-order valence-electron chi connectivity index (χ4n) is 2.65. The summed E-state index contributed by atoms with van der Waals surface area (Å²) >= 11 is 1.47. The van der Waals surface area contributed by atoms with E-state index in [1.165, 1.54) is 26.7 Å². The minimum Gasteiger partial charge on any atom is -0.332 e. The van der Waals surface area contributed by atoms with Crippen LogP contribution in [0.4, 0.5) is 8.78 Å². The molecule has 2 heterocycles. The highest BCUT2D eigenvalue weighted by atomic mass is 32.1. The molecule has 0 unspecified atom stereocenters. The number of rotatable bonds is 4. The normalized spacial score (nSPS) is 18.3. The summed E-state index contributed by atoms with van der Waals surface area (Å²) in [7, 11) is 0. The molecular weight excluding hydrogens is 280 g/mol. The molecule has 0 aromatic carbocycles. The summed E-state index contributed by atoms with van der Waals surface area (Å²) < 4.78 is 26.8. The van der Waals surface area contributed by atoms with Crippen LogP contribution in [-0.4, -0.2) is 29.8 Å². The second-order valence-electron chi connectivity index (χ2n) is 5.35. The van der Waals surface area contributed by atoms with Crippen LogP contribution >= 0.6 is 11.3 Å². The van der Waals surface area contributed by atoms with E-state index in [0.29, 0.717) is 17.8 Å². The molecule has 1 aromatic rings. The highest BCUT2D eigenvalue weighted by Crippen LogP contribution is 2.30. The number of aryl methyl sites for hydroxylation is 2. The predicted octanol–water partition coefficient (Wildman–Crippen LogP) is 4.13. The lowest BCUT2D eigenvalue weighted by Gasteiger charge is -2.32. The maximum Gasteiger partial charge on any atom is 0.265 e. The lowest BCUT2D eigenvalue weighted by Crippen LogP contribution is -2.45. The van der Waals surface area contributed by atoms with Crippen molar-refractivity contribution in [2.75, 3.05) is 13.1 Å². The first kappa shape index (κ1) is 15.4. The van der Waals surface area contributed by atoms with E-state index < -0.39 is 12.5 Å². The van der Waals surface area contributed by atoms with Gasteiger partial charge in [-0.25, -0.2) is 8.78 Å². The Hall–Kier alpha value is -0.970. The number of likely N-dealkylation sites (tertiary alicyclic amines) is 1. The Morgan fingerprint density at radius 3 is 2.80 bits per heavy atom. The molecule has 1 aliphatic rings. The molecule has 0 bridgehead atoms. The third-order valence-electron chi connectivity index (χ3n) is 3.63. The van der Waals surface area contributed by atoms with Gasteiger partial charge in [-0.1, -0.05) is 20.3 Å². The number of piperidine rings is 1. The number of halogens is 2. The molecule has 2 nitrogen and oxygen atoms in total. The summed E-state index contributed by atoms with van der Waals surface area (Å²) in [5, 5.41) is 0. The van der Waals surface area contributed by atoms with Crippen molar-refractivity contribution in [3.8, 4) is 0 Å². The van der Waals surface area contributed by atoms with Gasteiger partial charge >= 0.3 is 0 Å². The first-order valence-corrected chi connectivity index (χ1v) is 8.07. The van der Waals surface area contributed by atoms with Crippen molar-refractivity contribution in [2.45, 2.75) is 51.9 Å². The Balaban J connectivity index is 2.16. The number of alkyl halides is 2. The highest BCUT2D eigenvalue weighted by Gasteiger charge is 2.37. The van der Waals surface area contributed by atoms with E-state index in [0.717, 1.165) is 19.3 Å². The summed E-state index contributed by atoms with van der Waals surface area (Å²) in [6.45, 7) is 4.17. The van der Waals surface area contributed by atoms with Gasteiger partial charge in [0.15, 0.2) is 0 Å². The molecule has 20 heavy (non-hydrogen) atoms. The van der Waals surface area contributed by atoms with Crippen LogP contribution in [0.2, 0.25) is 0 Å². The Bertz CT molecular complexity index is 484. The Labute approximate surface area is 122 Å². The second-order valence-corrected chi connectivity index (χ2v) is 6.49. The molecule has 1 aromatic heterocycles. The SMILES string of the molecule is CCCc1cc(C(=O)N2CCCC(F)(F)C2)sc1CC. The van der Waals surface area contributed by atoms with Crippen molar-refractivity contribution in [2.24, 2.45) is 0 Å². The zero-order valence-electron chi connectivity index (χ0n) is 12.0. The molecule has 0 aliphatic carbocycles. The van der Waals surface area contributed by atoms with E-state index in [2.05, 4.69) is 13.8 Å². The first-order chi connectivity index (χ1) is 9.46. The first-order valence-electron chi connectivity index (χ1n) is 7.25. The minimum absolute atomic E-state index is 0.109. The second kappa shape index (κ2) is 6.20. The van der Waals surface area contributed by atoms with Crippen LogP contribution in [0.25, 0.3) is 0 Å². The molecule has 1 aliphatic heterocycles. The van der Waals surface area contributed by atoms with Crippen LogP contribution in [0.15, 0.2) is 6.07 Å². The number of carbonyl (C=O) groups is 1. The lowest BCUT2D eigenvalue weighted by atomic mass is 10.1. The predicted molar refractivity (Wildman–Crippen MR) is 77.8 cm³/mol. The number of carbonyl (C=O) groups excluding carboxylic acids is 1. The third kappa shape index (κ3) is 3.37. The van der Waals surface area contributed by atoms with Crippen LogP contribution in [0.3, 0.4) is 0 Å².